The maximum atomic E-state index is 12.3. The van der Waals surface area contributed by atoms with Crippen molar-refractivity contribution < 1.29 is 13.2 Å². The molecule has 0 unspecified atom stereocenters. The van der Waals surface area contributed by atoms with E-state index in [1.165, 1.54) is 30.6 Å². The minimum absolute atomic E-state index is 0.0312. The monoisotopic (exact) mass is 288 g/mol. The second-order valence-corrected chi connectivity index (χ2v) is 8.45. The van der Waals surface area contributed by atoms with Gasteiger partial charge in [0.25, 0.3) is 0 Å². The Labute approximate surface area is 116 Å². The first kappa shape index (κ1) is 14.8. The van der Waals surface area contributed by atoms with Gasteiger partial charge in [0, 0.05) is 19.6 Å². The number of likely N-dealkylation sites (tertiary alicyclic amines) is 1. The third-order valence-corrected chi connectivity index (χ3v) is 6.51. The van der Waals surface area contributed by atoms with Crippen molar-refractivity contribution in [3.63, 3.8) is 0 Å². The number of rotatable bonds is 4. The van der Waals surface area contributed by atoms with Crippen molar-refractivity contribution in [2.45, 2.75) is 45.6 Å². The molecule has 1 saturated carbocycles. The smallest absolute Gasteiger partial charge is 0.238 e. The minimum Gasteiger partial charge on any atom is -0.338 e. The van der Waals surface area contributed by atoms with Crippen LogP contribution in [0.25, 0.3) is 0 Å². The molecule has 5 nitrogen and oxygen atoms in total. The van der Waals surface area contributed by atoms with Gasteiger partial charge in [-0.15, -0.1) is 0 Å². The van der Waals surface area contributed by atoms with Gasteiger partial charge in [-0.25, -0.2) is 8.42 Å². The lowest BCUT2D eigenvalue weighted by Gasteiger charge is -2.38. The molecule has 0 aromatic carbocycles. The van der Waals surface area contributed by atoms with E-state index in [0.29, 0.717) is 5.41 Å². The van der Waals surface area contributed by atoms with Crippen molar-refractivity contribution in [1.29, 1.82) is 0 Å². The molecule has 2 fully saturated rings. The highest BCUT2D eigenvalue weighted by atomic mass is 32.2. The van der Waals surface area contributed by atoms with Gasteiger partial charge < -0.3 is 4.90 Å². The van der Waals surface area contributed by atoms with Gasteiger partial charge >= 0.3 is 0 Å². The van der Waals surface area contributed by atoms with Crippen LogP contribution in [0.15, 0.2) is 0 Å². The van der Waals surface area contributed by atoms with Crippen molar-refractivity contribution in [1.82, 2.24) is 9.21 Å². The molecule has 2 rings (SSSR count). The maximum absolute atomic E-state index is 12.3. The van der Waals surface area contributed by atoms with Gasteiger partial charge in [0.2, 0.25) is 15.9 Å². The zero-order valence-electron chi connectivity index (χ0n) is 12.1. The third kappa shape index (κ3) is 2.79. The summed E-state index contributed by atoms with van der Waals surface area (Å²) < 4.78 is 24.5. The Morgan fingerprint density at radius 3 is 2.47 bits per heavy atom. The summed E-state index contributed by atoms with van der Waals surface area (Å²) in [5.74, 6) is -0.0215. The number of amides is 1. The number of sulfonamides is 1. The molecule has 1 aliphatic heterocycles. The lowest BCUT2D eigenvalue weighted by molar-refractivity contribution is -0.132. The molecule has 0 bridgehead atoms. The van der Waals surface area contributed by atoms with Crippen LogP contribution in [0.2, 0.25) is 0 Å². The fraction of sp³-hybridized carbons (Fsp3) is 0.923. The summed E-state index contributed by atoms with van der Waals surface area (Å²) >= 11 is 0. The van der Waals surface area contributed by atoms with Gasteiger partial charge in [0.05, 0.1) is 12.3 Å². The highest BCUT2D eigenvalue weighted by Gasteiger charge is 2.47. The molecule has 0 N–H and O–H groups in total. The molecule has 1 spiro atoms. The summed E-state index contributed by atoms with van der Waals surface area (Å²) in [5, 5.41) is 0. The van der Waals surface area contributed by atoms with E-state index in [-0.39, 0.29) is 24.2 Å². The molecule has 1 amide bonds. The molecule has 1 heterocycles. The number of hydrogen-bond donors (Lipinski definition) is 0. The van der Waals surface area contributed by atoms with Crippen molar-refractivity contribution >= 4 is 15.9 Å². The van der Waals surface area contributed by atoms with Crippen molar-refractivity contribution in [2.24, 2.45) is 5.41 Å². The molecule has 1 atom stereocenters. The van der Waals surface area contributed by atoms with Gasteiger partial charge in [-0.1, -0.05) is 6.42 Å². The van der Waals surface area contributed by atoms with Gasteiger partial charge in [-0.3, -0.25) is 4.79 Å². The normalized spacial score (nSPS) is 25.9. The average molecular weight is 288 g/mol. The van der Waals surface area contributed by atoms with Crippen LogP contribution >= 0.6 is 0 Å². The predicted octanol–water partition coefficient (Wildman–Crippen LogP) is 1.06. The molecule has 0 radical (unpaired) electrons. The highest BCUT2D eigenvalue weighted by Crippen LogP contribution is 2.50. The van der Waals surface area contributed by atoms with Crippen molar-refractivity contribution in [3.8, 4) is 0 Å². The summed E-state index contributed by atoms with van der Waals surface area (Å²) in [6, 6.07) is 0.241. The Hall–Kier alpha value is -0.620. The molecular weight excluding hydrogens is 264 g/mol. The number of nitrogens with zero attached hydrogens (tertiary/aromatic N) is 2. The molecule has 0 aromatic rings. The third-order valence-electron chi connectivity index (χ3n) is 4.70. The number of carbonyl (C=O) groups excluding carboxylic acids is 1. The van der Waals surface area contributed by atoms with E-state index in [0.717, 1.165) is 13.0 Å². The quantitative estimate of drug-likeness (QED) is 0.777. The summed E-state index contributed by atoms with van der Waals surface area (Å²) in [7, 11) is -1.79. The van der Waals surface area contributed by atoms with Crippen LogP contribution in [0, 0.1) is 5.41 Å². The lowest BCUT2D eigenvalue weighted by Crippen LogP contribution is -2.44. The molecule has 1 saturated heterocycles. The topological polar surface area (TPSA) is 57.7 Å². The molecule has 2 aliphatic rings. The summed E-state index contributed by atoms with van der Waals surface area (Å²) in [6.45, 7) is 4.45. The Balaban J connectivity index is 1.97. The van der Waals surface area contributed by atoms with Crippen LogP contribution in [-0.4, -0.2) is 55.5 Å². The summed E-state index contributed by atoms with van der Waals surface area (Å²) in [4.78, 5) is 14.2. The number of hydrogen-bond acceptors (Lipinski definition) is 3. The van der Waals surface area contributed by atoms with Crippen LogP contribution in [-0.2, 0) is 14.8 Å². The first-order valence-electron chi connectivity index (χ1n) is 7.03. The molecule has 19 heavy (non-hydrogen) atoms. The molecule has 110 valence electrons. The Morgan fingerprint density at radius 1 is 1.42 bits per heavy atom. The SMILES string of the molecule is CCS(=O)(=O)N(C)CC(=O)N1CC2(CCC2)C[C@@H]1C. The van der Waals surface area contributed by atoms with Gasteiger partial charge in [-0.05, 0) is 38.5 Å². The van der Waals surface area contributed by atoms with E-state index in [9.17, 15) is 13.2 Å². The summed E-state index contributed by atoms with van der Waals surface area (Å²) in [6.07, 6.45) is 4.76. The highest BCUT2D eigenvalue weighted by molar-refractivity contribution is 7.89. The van der Waals surface area contributed by atoms with E-state index >= 15 is 0 Å². The van der Waals surface area contributed by atoms with E-state index in [1.54, 1.807) is 6.92 Å². The average Bonchev–Trinajstić information content (AvgIpc) is 2.67. The Morgan fingerprint density at radius 2 is 2.05 bits per heavy atom. The largest absolute Gasteiger partial charge is 0.338 e. The van der Waals surface area contributed by atoms with E-state index < -0.39 is 10.0 Å². The minimum atomic E-state index is -3.27. The maximum Gasteiger partial charge on any atom is 0.238 e. The Bertz CT molecular complexity index is 457. The summed E-state index contributed by atoms with van der Waals surface area (Å²) in [5.41, 5.74) is 0.345. The van der Waals surface area contributed by atoms with E-state index in [2.05, 4.69) is 6.92 Å². The van der Waals surface area contributed by atoms with Crippen LogP contribution < -0.4 is 0 Å². The Kier molecular flexibility index (Phi) is 3.93. The first-order chi connectivity index (χ1) is 8.80. The van der Waals surface area contributed by atoms with Gasteiger partial charge in [0.15, 0.2) is 0 Å². The van der Waals surface area contributed by atoms with Crippen LogP contribution in [0.1, 0.15) is 39.5 Å². The van der Waals surface area contributed by atoms with Crippen LogP contribution in [0.4, 0.5) is 0 Å². The molecule has 6 heteroatoms. The van der Waals surface area contributed by atoms with E-state index in [1.807, 2.05) is 4.90 Å². The fourth-order valence-corrected chi connectivity index (χ4v) is 4.04. The zero-order valence-corrected chi connectivity index (χ0v) is 12.9. The second kappa shape index (κ2) is 5.05. The molecular formula is C13H24N2O3S. The van der Waals surface area contributed by atoms with E-state index in [4.69, 9.17) is 0 Å². The number of likely N-dealkylation sites (N-methyl/N-ethyl adjacent to an activating group) is 1. The van der Waals surface area contributed by atoms with Crippen molar-refractivity contribution in [2.75, 3.05) is 25.9 Å². The molecule has 1 aliphatic carbocycles. The zero-order chi connectivity index (χ0) is 14.3. The first-order valence-corrected chi connectivity index (χ1v) is 8.64. The van der Waals surface area contributed by atoms with Crippen LogP contribution in [0.3, 0.4) is 0 Å². The lowest BCUT2D eigenvalue weighted by atomic mass is 9.68. The molecule has 0 aromatic heterocycles. The van der Waals surface area contributed by atoms with Crippen molar-refractivity contribution in [3.05, 3.63) is 0 Å². The fourth-order valence-electron chi connectivity index (χ4n) is 3.29. The number of carbonyl (C=O) groups is 1. The van der Waals surface area contributed by atoms with Gasteiger partial charge in [0.1, 0.15) is 0 Å². The van der Waals surface area contributed by atoms with Crippen LogP contribution in [0.5, 0.6) is 0 Å². The van der Waals surface area contributed by atoms with Gasteiger partial charge in [-0.2, -0.15) is 4.31 Å². The standard InChI is InChI=1S/C13H24N2O3S/c1-4-19(17,18)14(3)9-12(16)15-10-13(6-5-7-13)8-11(15)2/h11H,4-10H2,1-3H3/t11-/m0/s1. The second-order valence-electron chi connectivity index (χ2n) is 6.08. The predicted molar refractivity (Wildman–Crippen MR) is 74.2 cm³/mol.